The van der Waals surface area contributed by atoms with Crippen LogP contribution in [0.4, 0.5) is 0 Å². The molecule has 3 aromatic rings. The minimum atomic E-state index is -0.712. The molecule has 0 aliphatic carbocycles. The van der Waals surface area contributed by atoms with Gasteiger partial charge in [-0.15, -0.1) is 0 Å². The Hall–Kier alpha value is -4.10. The van der Waals surface area contributed by atoms with E-state index in [9.17, 15) is 14.7 Å². The van der Waals surface area contributed by atoms with Crippen LogP contribution in [0.1, 0.15) is 42.5 Å². The molecule has 0 bridgehead atoms. The monoisotopic (exact) mass is 528 g/mol. The Bertz CT molecular complexity index is 1300. The molecule has 39 heavy (non-hydrogen) atoms. The first-order valence-electron chi connectivity index (χ1n) is 13.3. The molecule has 0 radical (unpaired) electrons. The Kier molecular flexibility index (Phi) is 9.39. The van der Waals surface area contributed by atoms with E-state index in [-0.39, 0.29) is 11.3 Å². The molecule has 0 aromatic heterocycles. The molecule has 1 atom stereocenters. The van der Waals surface area contributed by atoms with Gasteiger partial charge in [0.15, 0.2) is 0 Å². The zero-order valence-corrected chi connectivity index (χ0v) is 22.8. The molecule has 0 spiro atoms. The van der Waals surface area contributed by atoms with E-state index in [1.54, 1.807) is 29.2 Å². The van der Waals surface area contributed by atoms with E-state index in [2.05, 4.69) is 0 Å². The lowest BCUT2D eigenvalue weighted by Crippen LogP contribution is -2.32. The Morgan fingerprint density at radius 2 is 1.67 bits per heavy atom. The summed E-state index contributed by atoms with van der Waals surface area (Å²) >= 11 is 0. The molecule has 1 heterocycles. The van der Waals surface area contributed by atoms with Crippen molar-refractivity contribution in [3.05, 3.63) is 101 Å². The highest BCUT2D eigenvalue weighted by molar-refractivity contribution is 6.46. The number of likely N-dealkylation sites (tertiary alicyclic amines) is 1. The maximum absolute atomic E-state index is 13.3. The normalized spacial score (nSPS) is 16.6. The van der Waals surface area contributed by atoms with Gasteiger partial charge >= 0.3 is 0 Å². The molecule has 204 valence electrons. The predicted molar refractivity (Wildman–Crippen MR) is 152 cm³/mol. The molecule has 3 aromatic carbocycles. The molecule has 1 aliphatic rings. The second kappa shape index (κ2) is 13.1. The number of aliphatic hydroxyl groups is 1. The first-order chi connectivity index (χ1) is 18.9. The van der Waals surface area contributed by atoms with Crippen LogP contribution in [0.25, 0.3) is 5.76 Å². The third-order valence-electron chi connectivity index (χ3n) is 6.57. The van der Waals surface area contributed by atoms with Crippen molar-refractivity contribution in [2.24, 2.45) is 0 Å². The fraction of sp³-hybridized carbons (Fsp3) is 0.312. The van der Waals surface area contributed by atoms with Gasteiger partial charge in [0.2, 0.25) is 0 Å². The highest BCUT2D eigenvalue weighted by Gasteiger charge is 2.45. The zero-order chi connectivity index (χ0) is 27.8. The van der Waals surface area contributed by atoms with Crippen molar-refractivity contribution in [2.75, 3.05) is 33.8 Å². The van der Waals surface area contributed by atoms with E-state index in [1.807, 2.05) is 80.5 Å². The van der Waals surface area contributed by atoms with Crippen molar-refractivity contribution >= 4 is 17.4 Å². The van der Waals surface area contributed by atoms with E-state index < -0.39 is 17.7 Å². The summed E-state index contributed by atoms with van der Waals surface area (Å²) in [6.45, 7) is 4.13. The summed E-state index contributed by atoms with van der Waals surface area (Å²) in [6.07, 6.45) is 1.54. The largest absolute Gasteiger partial charge is 0.507 e. The number of carbonyl (C=O) groups excluding carboxylic acids is 2. The van der Waals surface area contributed by atoms with E-state index in [0.29, 0.717) is 43.2 Å². The number of amides is 1. The molecule has 0 saturated carbocycles. The van der Waals surface area contributed by atoms with Gasteiger partial charge in [0.25, 0.3) is 11.7 Å². The average molecular weight is 529 g/mol. The number of hydrogen-bond acceptors (Lipinski definition) is 6. The average Bonchev–Trinajstić information content (AvgIpc) is 3.20. The van der Waals surface area contributed by atoms with Crippen LogP contribution in [0.15, 0.2) is 84.4 Å². The molecule has 1 amide bonds. The van der Waals surface area contributed by atoms with Gasteiger partial charge in [-0.2, -0.15) is 0 Å². The summed E-state index contributed by atoms with van der Waals surface area (Å²) in [4.78, 5) is 30.1. The SMILES string of the molecule is CCCOc1cccc(/C(O)=C2\C(=O)C(=O)N(CCCN(C)C)C2c2ccc(OCc3ccccc3)cc2)c1. The van der Waals surface area contributed by atoms with Crippen molar-refractivity contribution in [1.29, 1.82) is 0 Å². The number of rotatable bonds is 12. The number of Topliss-reactive ketones (excluding diaryl/α,β-unsaturated/α-hetero) is 1. The van der Waals surface area contributed by atoms with Crippen LogP contribution in [0, 0.1) is 0 Å². The third kappa shape index (κ3) is 6.86. The van der Waals surface area contributed by atoms with Gasteiger partial charge in [-0.3, -0.25) is 9.59 Å². The van der Waals surface area contributed by atoms with E-state index in [0.717, 1.165) is 24.1 Å². The van der Waals surface area contributed by atoms with Crippen molar-refractivity contribution < 1.29 is 24.2 Å². The summed E-state index contributed by atoms with van der Waals surface area (Å²) in [7, 11) is 3.93. The fourth-order valence-electron chi connectivity index (χ4n) is 4.61. The van der Waals surface area contributed by atoms with Crippen LogP contribution in [0.2, 0.25) is 0 Å². The van der Waals surface area contributed by atoms with Gasteiger partial charge in [0.05, 0.1) is 18.2 Å². The van der Waals surface area contributed by atoms with Crippen LogP contribution in [-0.2, 0) is 16.2 Å². The van der Waals surface area contributed by atoms with Gasteiger partial charge in [0, 0.05) is 12.1 Å². The summed E-state index contributed by atoms with van der Waals surface area (Å²) in [6, 6.07) is 23.5. The second-order valence-electron chi connectivity index (χ2n) is 9.87. The van der Waals surface area contributed by atoms with Crippen LogP contribution >= 0.6 is 0 Å². The molecular formula is C32H36N2O5. The molecule has 7 heteroatoms. The highest BCUT2D eigenvalue weighted by atomic mass is 16.5. The number of hydrogen-bond donors (Lipinski definition) is 1. The molecule has 1 unspecified atom stereocenters. The molecule has 1 saturated heterocycles. The number of ether oxygens (including phenoxy) is 2. The third-order valence-corrected chi connectivity index (χ3v) is 6.57. The fourth-order valence-corrected chi connectivity index (χ4v) is 4.61. The maximum Gasteiger partial charge on any atom is 0.295 e. The van der Waals surface area contributed by atoms with E-state index in [1.165, 1.54) is 0 Å². The molecule has 1 aliphatic heterocycles. The van der Waals surface area contributed by atoms with Crippen molar-refractivity contribution in [2.45, 2.75) is 32.4 Å². The van der Waals surface area contributed by atoms with Gasteiger partial charge in [0.1, 0.15) is 23.9 Å². The van der Waals surface area contributed by atoms with Gasteiger partial charge in [-0.05, 0) is 68.9 Å². The van der Waals surface area contributed by atoms with Crippen LogP contribution in [0.3, 0.4) is 0 Å². The smallest absolute Gasteiger partial charge is 0.295 e. The van der Waals surface area contributed by atoms with Crippen molar-refractivity contribution in [3.8, 4) is 11.5 Å². The Labute approximate surface area is 230 Å². The first-order valence-corrected chi connectivity index (χ1v) is 13.3. The Morgan fingerprint density at radius 3 is 2.36 bits per heavy atom. The number of ketones is 1. The lowest BCUT2D eigenvalue weighted by atomic mass is 9.95. The molecular weight excluding hydrogens is 492 g/mol. The lowest BCUT2D eigenvalue weighted by Gasteiger charge is -2.26. The summed E-state index contributed by atoms with van der Waals surface area (Å²) < 4.78 is 11.6. The van der Waals surface area contributed by atoms with E-state index in [4.69, 9.17) is 9.47 Å². The molecule has 7 nitrogen and oxygen atoms in total. The van der Waals surface area contributed by atoms with Crippen LogP contribution in [-0.4, -0.2) is 60.4 Å². The van der Waals surface area contributed by atoms with Crippen molar-refractivity contribution in [1.82, 2.24) is 9.80 Å². The summed E-state index contributed by atoms with van der Waals surface area (Å²) in [5, 5.41) is 11.4. The maximum atomic E-state index is 13.3. The molecule has 4 rings (SSSR count). The Balaban J connectivity index is 1.66. The number of aliphatic hydroxyl groups excluding tert-OH is 1. The van der Waals surface area contributed by atoms with Gasteiger partial charge in [-0.1, -0.05) is 61.5 Å². The second-order valence-corrected chi connectivity index (χ2v) is 9.87. The standard InChI is InChI=1S/C32H36N2O5/c1-4-20-38-27-13-8-12-25(21-27)30(35)28-29(34(32(37)31(28)36)19-9-18-33(2)3)24-14-16-26(17-15-24)39-22-23-10-6-5-7-11-23/h5-8,10-17,21,29,35H,4,9,18-20,22H2,1-3H3/b30-28+. The van der Waals surface area contributed by atoms with Crippen molar-refractivity contribution in [3.63, 3.8) is 0 Å². The minimum Gasteiger partial charge on any atom is -0.507 e. The zero-order valence-electron chi connectivity index (χ0n) is 22.8. The van der Waals surface area contributed by atoms with Gasteiger partial charge in [-0.25, -0.2) is 0 Å². The van der Waals surface area contributed by atoms with Crippen LogP contribution < -0.4 is 9.47 Å². The molecule has 1 fully saturated rings. The summed E-state index contributed by atoms with van der Waals surface area (Å²) in [5.41, 5.74) is 2.30. The topological polar surface area (TPSA) is 79.3 Å². The van der Waals surface area contributed by atoms with Gasteiger partial charge < -0.3 is 24.4 Å². The molecule has 1 N–H and O–H groups in total. The van der Waals surface area contributed by atoms with E-state index >= 15 is 0 Å². The quantitative estimate of drug-likeness (QED) is 0.192. The summed E-state index contributed by atoms with van der Waals surface area (Å²) in [5.74, 6) is -0.236. The van der Waals surface area contributed by atoms with Crippen LogP contribution in [0.5, 0.6) is 11.5 Å². The number of nitrogens with zero attached hydrogens (tertiary/aromatic N) is 2. The minimum absolute atomic E-state index is 0.0791. The lowest BCUT2D eigenvalue weighted by molar-refractivity contribution is -0.139. The predicted octanol–water partition coefficient (Wildman–Crippen LogP) is 5.43. The first kappa shape index (κ1) is 27.9. The highest BCUT2D eigenvalue weighted by Crippen LogP contribution is 2.40. The number of benzene rings is 3. The Morgan fingerprint density at radius 1 is 0.923 bits per heavy atom. The number of carbonyl (C=O) groups is 2.